The van der Waals surface area contributed by atoms with Gasteiger partial charge in [0.1, 0.15) is 6.04 Å². The second-order valence-electron chi connectivity index (χ2n) is 12.8. The fraction of sp³-hybridized carbons (Fsp3) is 0.679. The molecular weight excluding hydrogens is 427 g/mol. The van der Waals surface area contributed by atoms with E-state index in [9.17, 15) is 4.79 Å². The summed E-state index contributed by atoms with van der Waals surface area (Å²) >= 11 is 0. The minimum absolute atomic E-state index is 0.0107. The van der Waals surface area contributed by atoms with Gasteiger partial charge in [-0.2, -0.15) is 4.39 Å². The third kappa shape index (κ3) is 2.66. The zero-order chi connectivity index (χ0) is 24.1. The molecule has 1 amide bonds. The Bertz CT molecular complexity index is 1170. The van der Waals surface area contributed by atoms with Gasteiger partial charge in [-0.25, -0.2) is 19.2 Å². The number of quaternary nitrogens is 1. The predicted octanol–water partition coefficient (Wildman–Crippen LogP) is 6.03. The Labute approximate surface area is 201 Å². The summed E-state index contributed by atoms with van der Waals surface area (Å²) in [6.45, 7) is 8.84. The first-order valence-corrected chi connectivity index (χ1v) is 13.1. The lowest BCUT2D eigenvalue weighted by atomic mass is 9.48. The molecule has 0 spiro atoms. The zero-order valence-electron chi connectivity index (χ0n) is 21.2. The number of aromatic nitrogens is 3. The van der Waals surface area contributed by atoms with E-state index in [1.54, 1.807) is 12.3 Å². The molecule has 34 heavy (non-hydrogen) atoms. The summed E-state index contributed by atoms with van der Waals surface area (Å²) in [6.07, 6.45) is 11.9. The number of aromatic amines is 1. The molecule has 4 aliphatic rings. The van der Waals surface area contributed by atoms with Gasteiger partial charge in [0.05, 0.1) is 12.6 Å². The minimum Gasteiger partial charge on any atom is -0.335 e. The van der Waals surface area contributed by atoms with Crippen molar-refractivity contribution in [2.45, 2.75) is 84.2 Å². The van der Waals surface area contributed by atoms with E-state index in [-0.39, 0.29) is 15.9 Å². The average molecular weight is 466 g/mol. The van der Waals surface area contributed by atoms with Gasteiger partial charge in [-0.05, 0) is 94.3 Å². The number of fused-ring (bicyclic) bond motifs is 6. The van der Waals surface area contributed by atoms with E-state index in [4.69, 9.17) is 4.98 Å². The lowest BCUT2D eigenvalue weighted by molar-refractivity contribution is -0.925. The Morgan fingerprint density at radius 1 is 1.15 bits per heavy atom. The Hall–Kier alpha value is -2.08. The molecule has 5 nitrogen and oxygen atoms in total. The van der Waals surface area contributed by atoms with Crippen molar-refractivity contribution in [1.29, 1.82) is 0 Å². The van der Waals surface area contributed by atoms with Crippen molar-refractivity contribution >= 4 is 17.1 Å². The van der Waals surface area contributed by atoms with Crippen molar-refractivity contribution in [3.8, 4) is 0 Å². The molecule has 3 saturated carbocycles. The number of likely N-dealkylation sites (N-methyl/N-ethyl adjacent to an activating group) is 1. The number of hydrogen-bond donors (Lipinski definition) is 1. The predicted molar refractivity (Wildman–Crippen MR) is 130 cm³/mol. The molecule has 182 valence electrons. The Morgan fingerprint density at radius 3 is 2.71 bits per heavy atom. The third-order valence-electron chi connectivity index (χ3n) is 11.2. The van der Waals surface area contributed by atoms with Crippen LogP contribution in [0.25, 0.3) is 11.2 Å². The number of pyridine rings is 1. The van der Waals surface area contributed by atoms with Crippen LogP contribution in [0.2, 0.25) is 0 Å². The average Bonchev–Trinajstić information content (AvgIpc) is 3.41. The van der Waals surface area contributed by atoms with Crippen LogP contribution in [0.5, 0.6) is 0 Å². The molecule has 0 saturated heterocycles. The molecule has 0 aromatic carbocycles. The number of amides is 1. The maximum absolute atomic E-state index is 15.7. The third-order valence-corrected chi connectivity index (χ3v) is 11.2. The van der Waals surface area contributed by atoms with Gasteiger partial charge < -0.3 is 4.98 Å². The lowest BCUT2D eigenvalue weighted by Gasteiger charge is -2.63. The second-order valence-corrected chi connectivity index (χ2v) is 12.8. The Morgan fingerprint density at radius 2 is 1.94 bits per heavy atom. The van der Waals surface area contributed by atoms with Crippen LogP contribution in [0.4, 0.5) is 4.39 Å². The molecule has 3 fully saturated rings. The number of hydrogen-bond acceptors (Lipinski definition) is 3. The fourth-order valence-corrected chi connectivity index (χ4v) is 9.08. The number of H-pyrrole nitrogens is 1. The highest BCUT2D eigenvalue weighted by molar-refractivity contribution is 5.87. The molecule has 0 radical (unpaired) electrons. The Balaban J connectivity index is 1.46. The molecule has 2 aromatic heterocycles. The fourth-order valence-electron chi connectivity index (χ4n) is 9.08. The van der Waals surface area contributed by atoms with Crippen LogP contribution in [-0.2, 0) is 10.3 Å². The molecule has 1 aliphatic heterocycles. The van der Waals surface area contributed by atoms with Crippen molar-refractivity contribution in [1.82, 2.24) is 15.0 Å². The highest BCUT2D eigenvalue weighted by Gasteiger charge is 2.68. The van der Waals surface area contributed by atoms with E-state index in [0.29, 0.717) is 28.7 Å². The normalized spacial score (nSPS) is 42.2. The minimum atomic E-state index is -0.737. The van der Waals surface area contributed by atoms with E-state index in [0.717, 1.165) is 30.7 Å². The SMILES string of the molecule is CC(C)(c1nc2ncccc2[nH]1)[N+]1(C)C(=O)C(F)=C[C@@]2(C)[C@H]1CC[C@H]1[C@@H]3CCC[C@@]3(C)CC[C@@H]12. The smallest absolute Gasteiger partial charge is 0.335 e. The number of carbonyl (C=O) groups excluding carboxylic acids is 1. The quantitative estimate of drug-likeness (QED) is 0.551. The first-order valence-electron chi connectivity index (χ1n) is 13.1. The van der Waals surface area contributed by atoms with Crippen LogP contribution in [0.15, 0.2) is 30.2 Å². The van der Waals surface area contributed by atoms with Crippen molar-refractivity contribution in [2.75, 3.05) is 7.05 Å². The molecule has 7 atom stereocenters. The molecule has 3 heterocycles. The van der Waals surface area contributed by atoms with E-state index in [1.165, 1.54) is 25.7 Å². The monoisotopic (exact) mass is 465 g/mol. The zero-order valence-corrected chi connectivity index (χ0v) is 21.2. The molecule has 3 aliphatic carbocycles. The number of halogens is 1. The summed E-state index contributed by atoms with van der Waals surface area (Å²) in [6, 6.07) is 3.84. The molecule has 6 heteroatoms. The van der Waals surface area contributed by atoms with Gasteiger partial charge in [-0.3, -0.25) is 0 Å². The van der Waals surface area contributed by atoms with Crippen molar-refractivity contribution < 1.29 is 13.7 Å². The molecule has 1 N–H and O–H groups in total. The van der Waals surface area contributed by atoms with Crippen molar-refractivity contribution in [3.63, 3.8) is 0 Å². The van der Waals surface area contributed by atoms with E-state index < -0.39 is 17.3 Å². The number of nitrogens with zero attached hydrogens (tertiary/aromatic N) is 3. The van der Waals surface area contributed by atoms with E-state index in [2.05, 4.69) is 23.8 Å². The maximum atomic E-state index is 15.7. The largest absolute Gasteiger partial charge is 0.374 e. The molecule has 2 aromatic rings. The van der Waals surface area contributed by atoms with Crippen LogP contribution < -0.4 is 0 Å². The van der Waals surface area contributed by atoms with Crippen LogP contribution in [0.3, 0.4) is 0 Å². The molecule has 1 unspecified atom stereocenters. The van der Waals surface area contributed by atoms with Gasteiger partial charge in [0.2, 0.25) is 5.83 Å². The highest BCUT2D eigenvalue weighted by Crippen LogP contribution is 2.65. The summed E-state index contributed by atoms with van der Waals surface area (Å²) in [5, 5.41) is 0. The van der Waals surface area contributed by atoms with Crippen LogP contribution in [-0.4, -0.2) is 38.4 Å². The Kier molecular flexibility index (Phi) is 4.60. The summed E-state index contributed by atoms with van der Waals surface area (Å²) < 4.78 is 15.7. The van der Waals surface area contributed by atoms with E-state index in [1.807, 2.05) is 33.0 Å². The molecule has 0 bridgehead atoms. The summed E-state index contributed by atoms with van der Waals surface area (Å²) in [4.78, 5) is 26.3. The van der Waals surface area contributed by atoms with Gasteiger partial charge in [-0.15, -0.1) is 0 Å². The van der Waals surface area contributed by atoms with Gasteiger partial charge >= 0.3 is 5.91 Å². The highest BCUT2D eigenvalue weighted by atomic mass is 19.1. The topological polar surface area (TPSA) is 58.6 Å². The van der Waals surface area contributed by atoms with Crippen LogP contribution >= 0.6 is 0 Å². The number of rotatable bonds is 2. The van der Waals surface area contributed by atoms with Crippen molar-refractivity contribution in [2.24, 2.45) is 28.6 Å². The van der Waals surface area contributed by atoms with Gasteiger partial charge in [-0.1, -0.05) is 13.3 Å². The standard InChI is InChI=1S/C28H38FN4O/c1-26(2,25-31-21-9-7-15-30-23(21)32-25)33(5)22-11-10-17-18-8-6-13-27(18,3)14-12-19(17)28(22,4)16-20(29)24(33)34/h7,9,15-19,22H,6,8,10-14H2,1-5H3,(H,30,31,32)/q+1/t17-,18-,19-,22+,27-,28+,33?/m0/s1. The lowest BCUT2D eigenvalue weighted by Crippen LogP contribution is -2.74. The van der Waals surface area contributed by atoms with E-state index >= 15 is 4.39 Å². The molecular formula is C28H38FN4O+. The first kappa shape index (κ1) is 22.4. The summed E-state index contributed by atoms with van der Waals surface area (Å²) in [5.74, 6) is 1.51. The van der Waals surface area contributed by atoms with Gasteiger partial charge in [0, 0.05) is 18.0 Å². The first-order chi connectivity index (χ1) is 16.0. The molecule has 6 rings (SSSR count). The van der Waals surface area contributed by atoms with Gasteiger partial charge in [0.25, 0.3) is 0 Å². The number of imidazole rings is 1. The van der Waals surface area contributed by atoms with Gasteiger partial charge in [0.15, 0.2) is 17.0 Å². The van der Waals surface area contributed by atoms with Crippen LogP contribution in [0, 0.1) is 28.6 Å². The summed E-state index contributed by atoms with van der Waals surface area (Å²) in [5.41, 5.74) is 0.851. The number of nitrogens with one attached hydrogen (secondary N) is 1. The number of carbonyl (C=O) groups is 1. The van der Waals surface area contributed by atoms with Crippen LogP contribution in [0.1, 0.15) is 78.5 Å². The summed E-state index contributed by atoms with van der Waals surface area (Å²) in [7, 11) is 1.96. The van der Waals surface area contributed by atoms with Crippen molar-refractivity contribution in [3.05, 3.63) is 36.1 Å². The maximum Gasteiger partial charge on any atom is 0.374 e. The second kappa shape index (κ2) is 6.99.